The van der Waals surface area contributed by atoms with Crippen LogP contribution < -0.4 is 5.32 Å². The largest absolute Gasteiger partial charge is 0.480 e. The summed E-state index contributed by atoms with van der Waals surface area (Å²) in [6.07, 6.45) is 24.0. The van der Waals surface area contributed by atoms with E-state index >= 15 is 0 Å². The van der Waals surface area contributed by atoms with Gasteiger partial charge in [-0.2, -0.15) is 0 Å². The molecule has 1 saturated carbocycles. The Bertz CT molecular complexity index is 1010. The molecule has 1 aliphatic carbocycles. The average molecular weight is 733 g/mol. The highest BCUT2D eigenvalue weighted by Gasteiger charge is 2.31. The number of nitrogens with one attached hydrogen (secondary N) is 1. The normalized spacial score (nSPS) is 22.4. The number of amides is 1. The Morgan fingerprint density at radius 1 is 0.962 bits per heavy atom. The van der Waals surface area contributed by atoms with Crippen molar-refractivity contribution in [2.45, 2.75) is 163 Å². The molecule has 0 aromatic heterocycles. The number of rotatable bonds is 19. The van der Waals surface area contributed by atoms with Gasteiger partial charge in [-0.1, -0.05) is 97.3 Å². The highest BCUT2D eigenvalue weighted by Crippen LogP contribution is 2.29. The number of unbranched alkanes of at least 4 members (excludes halogenated alkanes) is 4. The van der Waals surface area contributed by atoms with Gasteiger partial charge in [0.2, 0.25) is 6.29 Å². The fraction of sp³-hybridized carbons (Fsp3) is 0.791. The van der Waals surface area contributed by atoms with Crippen LogP contribution in [0, 0.1) is 29.6 Å². The van der Waals surface area contributed by atoms with Crippen LogP contribution in [0.5, 0.6) is 0 Å². The molecular weight excluding hydrogens is 656 g/mol. The summed E-state index contributed by atoms with van der Waals surface area (Å²) in [6, 6.07) is -0.813. The molecule has 2 heterocycles. The number of carboxylic acid groups (broad SMARTS) is 1. The molecular formula is C43H76N2O7. The second kappa shape index (κ2) is 31.7. The standard InChI is InChI=1S/C24H41NO3.C8H11NO4.C7H14.C4H10/c1-4-10-23(17-21(3)20(2)14-16-28-19-26)24(27)13-8-6-5-7-11-22-12-9-15-25-18-22;10-5-7(11)9-4-2-1-3-6(9)8(12)13;1-6-3-4-7(2)5-6;1-3-4-2/h4,17,19-20,22-23,25H,1,5-16,18H2,2-3H3;5-6H,1-4H2,(H,12,13);6-7H,3-5H2,1-2H3;3-4H2,1-2H3/b21-17+;;;/t;6-;6-,7?;/m.00./s1. The number of carbonyl (C=O) groups is 5. The number of ketones is 1. The summed E-state index contributed by atoms with van der Waals surface area (Å²) in [5, 5.41) is 12.2. The van der Waals surface area contributed by atoms with E-state index in [4.69, 9.17) is 9.84 Å². The summed E-state index contributed by atoms with van der Waals surface area (Å²) in [4.78, 5) is 55.9. The number of carbonyl (C=O) groups excluding carboxylic acids is 4. The van der Waals surface area contributed by atoms with Crippen LogP contribution in [0.25, 0.3) is 0 Å². The van der Waals surface area contributed by atoms with Crippen LogP contribution in [0.2, 0.25) is 0 Å². The van der Waals surface area contributed by atoms with Gasteiger partial charge >= 0.3 is 5.97 Å². The third-order valence-electron chi connectivity index (χ3n) is 10.6. The van der Waals surface area contributed by atoms with Crippen molar-refractivity contribution >= 4 is 30.4 Å². The molecule has 9 heteroatoms. The van der Waals surface area contributed by atoms with Gasteiger partial charge in [0.1, 0.15) is 11.8 Å². The summed E-state index contributed by atoms with van der Waals surface area (Å²) < 4.78 is 4.78. The number of carboxylic acids is 1. The van der Waals surface area contributed by atoms with E-state index in [1.54, 1.807) is 0 Å². The zero-order chi connectivity index (χ0) is 39.1. The number of allylic oxidation sites excluding steroid dienone is 3. The molecule has 52 heavy (non-hydrogen) atoms. The molecule has 1 amide bonds. The molecule has 9 nitrogen and oxygen atoms in total. The number of Topliss-reactive ketones (excluding diaryl/α,β-unsaturated/α-hetero) is 1. The summed E-state index contributed by atoms with van der Waals surface area (Å²) in [6.45, 7) is 20.7. The molecule has 0 spiro atoms. The number of hydrogen-bond acceptors (Lipinski definition) is 7. The monoisotopic (exact) mass is 733 g/mol. The first-order chi connectivity index (χ1) is 24.9. The van der Waals surface area contributed by atoms with Crippen molar-refractivity contribution in [3.8, 4) is 0 Å². The van der Waals surface area contributed by atoms with Crippen LogP contribution in [-0.4, -0.2) is 72.7 Å². The second-order valence-electron chi connectivity index (χ2n) is 15.4. The Labute approximate surface area is 317 Å². The second-order valence-corrected chi connectivity index (χ2v) is 15.4. The van der Waals surface area contributed by atoms with Crippen LogP contribution >= 0.6 is 0 Å². The predicted molar refractivity (Wildman–Crippen MR) is 212 cm³/mol. The van der Waals surface area contributed by atoms with E-state index in [1.807, 2.05) is 6.08 Å². The van der Waals surface area contributed by atoms with Crippen LogP contribution in [0.15, 0.2) is 24.3 Å². The van der Waals surface area contributed by atoms with Gasteiger partial charge in [-0.3, -0.25) is 19.2 Å². The number of piperidine rings is 2. The molecule has 300 valence electrons. The Hall–Kier alpha value is -2.81. The maximum Gasteiger partial charge on any atom is 0.326 e. The first kappa shape index (κ1) is 49.2. The molecule has 0 bridgehead atoms. The fourth-order valence-corrected chi connectivity index (χ4v) is 6.93. The molecule has 3 aliphatic rings. The predicted octanol–water partition coefficient (Wildman–Crippen LogP) is 9.13. The average Bonchev–Trinajstić information content (AvgIpc) is 3.54. The Kier molecular flexibility index (Phi) is 30.0. The molecule has 0 aromatic carbocycles. The lowest BCUT2D eigenvalue weighted by Gasteiger charge is -2.31. The van der Waals surface area contributed by atoms with Crippen LogP contribution in [0.3, 0.4) is 0 Å². The van der Waals surface area contributed by atoms with Crippen molar-refractivity contribution in [3.63, 3.8) is 0 Å². The number of ether oxygens (including phenoxy) is 1. The quantitative estimate of drug-likeness (QED) is 0.0582. The third kappa shape index (κ3) is 23.7. The first-order valence-electron chi connectivity index (χ1n) is 20.5. The molecule has 0 aromatic rings. The van der Waals surface area contributed by atoms with Gasteiger partial charge in [0.25, 0.3) is 12.4 Å². The Morgan fingerprint density at radius 3 is 2.15 bits per heavy atom. The van der Waals surface area contributed by atoms with Crippen molar-refractivity contribution in [2.75, 3.05) is 26.2 Å². The minimum atomic E-state index is -1.03. The lowest BCUT2D eigenvalue weighted by molar-refractivity contribution is -0.153. The fourth-order valence-electron chi connectivity index (χ4n) is 6.93. The van der Waals surface area contributed by atoms with Crippen molar-refractivity contribution in [1.82, 2.24) is 10.2 Å². The van der Waals surface area contributed by atoms with E-state index in [1.165, 1.54) is 82.9 Å². The van der Waals surface area contributed by atoms with Gasteiger partial charge in [0.15, 0.2) is 0 Å². The molecule has 2 N–H and O–H groups in total. The zero-order valence-electron chi connectivity index (χ0n) is 33.9. The first-order valence-corrected chi connectivity index (χ1v) is 20.5. The highest BCUT2D eigenvalue weighted by atomic mass is 16.5. The van der Waals surface area contributed by atoms with E-state index in [0.29, 0.717) is 50.6 Å². The van der Waals surface area contributed by atoms with E-state index in [0.717, 1.165) is 54.8 Å². The zero-order valence-corrected chi connectivity index (χ0v) is 33.9. The van der Waals surface area contributed by atoms with Crippen LogP contribution in [0.1, 0.15) is 157 Å². The number of aldehydes is 1. The summed E-state index contributed by atoms with van der Waals surface area (Å²) in [5.74, 6) is 1.70. The minimum Gasteiger partial charge on any atom is -0.480 e. The molecule has 6 atom stereocenters. The van der Waals surface area contributed by atoms with Crippen molar-refractivity contribution in [2.24, 2.45) is 29.6 Å². The summed E-state index contributed by atoms with van der Waals surface area (Å²) in [5.41, 5.74) is 1.19. The van der Waals surface area contributed by atoms with Crippen molar-refractivity contribution in [3.05, 3.63) is 24.3 Å². The van der Waals surface area contributed by atoms with E-state index in [-0.39, 0.29) is 12.2 Å². The van der Waals surface area contributed by atoms with Gasteiger partial charge in [-0.25, -0.2) is 4.79 Å². The smallest absolute Gasteiger partial charge is 0.326 e. The topological polar surface area (TPSA) is 130 Å². The molecule has 3 fully saturated rings. The van der Waals surface area contributed by atoms with Crippen molar-refractivity contribution in [1.29, 1.82) is 0 Å². The Morgan fingerprint density at radius 2 is 1.63 bits per heavy atom. The molecule has 4 unspecified atom stereocenters. The number of aliphatic carboxylic acids is 1. The number of likely N-dealkylation sites (tertiary alicyclic amines) is 1. The minimum absolute atomic E-state index is 0.0692. The SMILES string of the molecule is C=CCC(/C=C(\C)C(C)CCOC=O)C(=O)CCCCCCC1CCCNC1.CC1CC[C@H](C)C1.CCCC.O=CC(=O)N1CCCC[C@H]1C(=O)O. The van der Waals surface area contributed by atoms with Crippen LogP contribution in [-0.2, 0) is 28.7 Å². The van der Waals surface area contributed by atoms with E-state index in [9.17, 15) is 24.0 Å². The van der Waals surface area contributed by atoms with Crippen molar-refractivity contribution < 1.29 is 33.8 Å². The summed E-state index contributed by atoms with van der Waals surface area (Å²) in [7, 11) is 0. The lowest BCUT2D eigenvalue weighted by Crippen LogP contribution is -2.48. The van der Waals surface area contributed by atoms with Gasteiger partial charge in [-0.05, 0) is 108 Å². The van der Waals surface area contributed by atoms with Gasteiger partial charge < -0.3 is 20.1 Å². The molecule has 0 radical (unpaired) electrons. The molecule has 2 saturated heterocycles. The maximum atomic E-state index is 12.7. The molecule has 3 rings (SSSR count). The number of hydrogen-bond donors (Lipinski definition) is 2. The van der Waals surface area contributed by atoms with E-state index in [2.05, 4.69) is 59.5 Å². The lowest BCUT2D eigenvalue weighted by atomic mass is 9.89. The van der Waals surface area contributed by atoms with E-state index < -0.39 is 17.9 Å². The maximum absolute atomic E-state index is 12.7. The molecule has 2 aliphatic heterocycles. The van der Waals surface area contributed by atoms with Gasteiger partial charge in [0, 0.05) is 18.9 Å². The summed E-state index contributed by atoms with van der Waals surface area (Å²) >= 11 is 0. The highest BCUT2D eigenvalue weighted by molar-refractivity contribution is 6.24. The van der Waals surface area contributed by atoms with Gasteiger partial charge in [0.05, 0.1) is 6.61 Å². The third-order valence-corrected chi connectivity index (χ3v) is 10.6. The number of nitrogens with zero attached hydrogens (tertiary/aromatic N) is 1. The van der Waals surface area contributed by atoms with Gasteiger partial charge in [-0.15, -0.1) is 6.58 Å². The van der Waals surface area contributed by atoms with Crippen LogP contribution in [0.4, 0.5) is 0 Å². The Balaban J connectivity index is 0.000000876.